The third-order valence-electron chi connectivity index (χ3n) is 3.45. The summed E-state index contributed by atoms with van der Waals surface area (Å²) in [5, 5.41) is 0. The summed E-state index contributed by atoms with van der Waals surface area (Å²) in [5.74, 6) is 0.941. The monoisotopic (exact) mass is 280 g/mol. The molecule has 0 saturated heterocycles. The van der Waals surface area contributed by atoms with Gasteiger partial charge in [0.05, 0.1) is 0 Å². The van der Waals surface area contributed by atoms with Crippen molar-refractivity contribution >= 4 is 21.7 Å². The minimum Gasteiger partial charge on any atom is -0.294 e. The van der Waals surface area contributed by atoms with Crippen LogP contribution in [0.25, 0.3) is 0 Å². The Kier molecular flexibility index (Phi) is 3.80. The van der Waals surface area contributed by atoms with Crippen molar-refractivity contribution in [3.63, 3.8) is 0 Å². The van der Waals surface area contributed by atoms with E-state index in [0.717, 1.165) is 22.0 Å². The van der Waals surface area contributed by atoms with Crippen LogP contribution in [0.5, 0.6) is 0 Å². The van der Waals surface area contributed by atoms with Crippen molar-refractivity contribution in [3.05, 3.63) is 33.8 Å². The summed E-state index contributed by atoms with van der Waals surface area (Å²) in [6.07, 6.45) is 5.81. The van der Waals surface area contributed by atoms with Crippen LogP contribution in [-0.2, 0) is 0 Å². The van der Waals surface area contributed by atoms with Crippen LogP contribution >= 0.6 is 15.9 Å². The summed E-state index contributed by atoms with van der Waals surface area (Å²) in [5.41, 5.74) is 1.98. The Balaban J connectivity index is 2.10. The van der Waals surface area contributed by atoms with Crippen molar-refractivity contribution in [1.82, 2.24) is 0 Å². The molecule has 1 aromatic carbocycles. The van der Waals surface area contributed by atoms with E-state index < -0.39 is 0 Å². The highest BCUT2D eigenvalue weighted by Gasteiger charge is 2.20. The van der Waals surface area contributed by atoms with E-state index in [1.165, 1.54) is 25.7 Å². The second kappa shape index (κ2) is 5.13. The van der Waals surface area contributed by atoms with Crippen LogP contribution in [-0.4, -0.2) is 5.78 Å². The molecule has 1 nitrogen and oxygen atoms in total. The fourth-order valence-electron chi connectivity index (χ4n) is 2.48. The zero-order valence-corrected chi connectivity index (χ0v) is 11.2. The fourth-order valence-corrected chi connectivity index (χ4v) is 2.84. The zero-order chi connectivity index (χ0) is 11.5. The first-order chi connectivity index (χ1) is 7.66. The summed E-state index contributed by atoms with van der Waals surface area (Å²) in [6, 6.07) is 5.94. The molecule has 1 fully saturated rings. The van der Waals surface area contributed by atoms with Crippen molar-refractivity contribution in [2.45, 2.75) is 39.0 Å². The number of hydrogen-bond acceptors (Lipinski definition) is 1. The SMILES string of the molecule is Cc1ccc(Br)cc1C(=O)CC1CCCC1. The fraction of sp³-hybridized carbons (Fsp3) is 0.500. The molecule has 16 heavy (non-hydrogen) atoms. The Morgan fingerprint density at radius 3 is 2.75 bits per heavy atom. The summed E-state index contributed by atoms with van der Waals surface area (Å²) < 4.78 is 0.993. The van der Waals surface area contributed by atoms with E-state index in [-0.39, 0.29) is 0 Å². The molecular weight excluding hydrogens is 264 g/mol. The van der Waals surface area contributed by atoms with Gasteiger partial charge in [-0.2, -0.15) is 0 Å². The van der Waals surface area contributed by atoms with Crippen LogP contribution in [0.1, 0.15) is 48.0 Å². The Hall–Kier alpha value is -0.630. The molecule has 1 aliphatic rings. The highest BCUT2D eigenvalue weighted by atomic mass is 79.9. The number of carbonyl (C=O) groups excluding carboxylic acids is 1. The molecule has 2 rings (SSSR count). The van der Waals surface area contributed by atoms with Crippen LogP contribution in [0.15, 0.2) is 22.7 Å². The van der Waals surface area contributed by atoms with Crippen LogP contribution < -0.4 is 0 Å². The molecule has 86 valence electrons. The lowest BCUT2D eigenvalue weighted by Gasteiger charge is -2.10. The minimum absolute atomic E-state index is 0.311. The van der Waals surface area contributed by atoms with Gasteiger partial charge in [-0.15, -0.1) is 0 Å². The topological polar surface area (TPSA) is 17.1 Å². The van der Waals surface area contributed by atoms with Gasteiger partial charge in [0.25, 0.3) is 0 Å². The molecule has 1 saturated carbocycles. The van der Waals surface area contributed by atoms with Crippen molar-refractivity contribution < 1.29 is 4.79 Å². The number of ketones is 1. The lowest BCUT2D eigenvalue weighted by molar-refractivity contribution is 0.0961. The third kappa shape index (κ3) is 2.73. The molecule has 0 aromatic heterocycles. The summed E-state index contributed by atoms with van der Waals surface area (Å²) >= 11 is 3.43. The maximum absolute atomic E-state index is 12.2. The molecule has 0 heterocycles. The van der Waals surface area contributed by atoms with Gasteiger partial charge < -0.3 is 0 Å². The van der Waals surface area contributed by atoms with Crippen molar-refractivity contribution in [3.8, 4) is 0 Å². The number of carbonyl (C=O) groups is 1. The second-order valence-electron chi connectivity index (χ2n) is 4.74. The first-order valence-corrected chi connectivity index (χ1v) is 6.75. The van der Waals surface area contributed by atoms with E-state index in [4.69, 9.17) is 0 Å². The molecule has 1 aromatic rings. The molecule has 2 heteroatoms. The van der Waals surface area contributed by atoms with Crippen LogP contribution in [0.2, 0.25) is 0 Å². The van der Waals surface area contributed by atoms with Crippen molar-refractivity contribution in [1.29, 1.82) is 0 Å². The molecule has 0 N–H and O–H groups in total. The molecule has 1 aliphatic carbocycles. The first-order valence-electron chi connectivity index (χ1n) is 5.96. The van der Waals surface area contributed by atoms with Gasteiger partial charge in [-0.1, -0.05) is 47.7 Å². The number of rotatable bonds is 3. The molecule has 0 bridgehead atoms. The van der Waals surface area contributed by atoms with Gasteiger partial charge in [0.2, 0.25) is 0 Å². The number of Topliss-reactive ketones (excluding diaryl/α,β-unsaturated/α-hetero) is 1. The van der Waals surface area contributed by atoms with Crippen LogP contribution in [0.3, 0.4) is 0 Å². The predicted molar refractivity (Wildman–Crippen MR) is 69.8 cm³/mol. The average molecular weight is 281 g/mol. The Bertz CT molecular complexity index is 392. The zero-order valence-electron chi connectivity index (χ0n) is 9.63. The number of hydrogen-bond donors (Lipinski definition) is 0. The van der Waals surface area contributed by atoms with Crippen LogP contribution in [0, 0.1) is 12.8 Å². The van der Waals surface area contributed by atoms with Crippen molar-refractivity contribution in [2.75, 3.05) is 0 Å². The maximum atomic E-state index is 12.2. The van der Waals surface area contributed by atoms with Gasteiger partial charge in [-0.25, -0.2) is 0 Å². The summed E-state index contributed by atoms with van der Waals surface area (Å²) in [4.78, 5) is 12.2. The largest absolute Gasteiger partial charge is 0.294 e. The van der Waals surface area contributed by atoms with Gasteiger partial charge in [-0.3, -0.25) is 4.79 Å². The highest BCUT2D eigenvalue weighted by Crippen LogP contribution is 2.29. The van der Waals surface area contributed by atoms with E-state index in [1.54, 1.807) is 0 Å². The van der Waals surface area contributed by atoms with Gasteiger partial charge in [0.15, 0.2) is 5.78 Å². The standard InChI is InChI=1S/C14H17BrO/c1-10-6-7-12(15)9-13(10)14(16)8-11-4-2-3-5-11/h6-7,9,11H,2-5,8H2,1H3. The molecule has 0 radical (unpaired) electrons. The third-order valence-corrected chi connectivity index (χ3v) is 3.94. The highest BCUT2D eigenvalue weighted by molar-refractivity contribution is 9.10. The van der Waals surface area contributed by atoms with Crippen LogP contribution in [0.4, 0.5) is 0 Å². The average Bonchev–Trinajstić information content (AvgIpc) is 2.74. The molecule has 0 spiro atoms. The molecular formula is C14H17BrO. The van der Waals surface area contributed by atoms with Gasteiger partial charge in [0.1, 0.15) is 0 Å². The van der Waals surface area contributed by atoms with Gasteiger partial charge in [-0.05, 0) is 30.5 Å². The predicted octanol–water partition coefficient (Wildman–Crippen LogP) is 4.52. The smallest absolute Gasteiger partial charge is 0.163 e. The first kappa shape index (κ1) is 11.8. The second-order valence-corrected chi connectivity index (χ2v) is 5.65. The lowest BCUT2D eigenvalue weighted by atomic mass is 9.95. The Morgan fingerprint density at radius 2 is 2.06 bits per heavy atom. The number of aryl methyl sites for hydroxylation is 1. The molecule has 0 amide bonds. The normalized spacial score (nSPS) is 16.6. The Morgan fingerprint density at radius 1 is 1.38 bits per heavy atom. The molecule has 0 aliphatic heterocycles. The Labute approximate surface area is 105 Å². The van der Waals surface area contributed by atoms with E-state index in [2.05, 4.69) is 15.9 Å². The lowest BCUT2D eigenvalue weighted by Crippen LogP contribution is -2.07. The quantitative estimate of drug-likeness (QED) is 0.744. The maximum Gasteiger partial charge on any atom is 0.163 e. The number of benzene rings is 1. The van der Waals surface area contributed by atoms with Crippen molar-refractivity contribution in [2.24, 2.45) is 5.92 Å². The van der Waals surface area contributed by atoms with Gasteiger partial charge in [0, 0.05) is 16.5 Å². The summed E-state index contributed by atoms with van der Waals surface area (Å²) in [7, 11) is 0. The van der Waals surface area contributed by atoms with E-state index in [0.29, 0.717) is 11.7 Å². The molecule has 0 atom stereocenters. The summed E-state index contributed by atoms with van der Waals surface area (Å²) in [6.45, 7) is 2.01. The van der Waals surface area contributed by atoms with Gasteiger partial charge >= 0.3 is 0 Å². The van der Waals surface area contributed by atoms with E-state index >= 15 is 0 Å². The minimum atomic E-state index is 0.311. The van der Waals surface area contributed by atoms with E-state index in [9.17, 15) is 4.79 Å². The van der Waals surface area contributed by atoms with E-state index in [1.807, 2.05) is 25.1 Å². The molecule has 0 unspecified atom stereocenters. The number of halogens is 1.